The van der Waals surface area contributed by atoms with Crippen molar-refractivity contribution in [3.05, 3.63) is 65.7 Å². The zero-order chi connectivity index (χ0) is 14.4. The van der Waals surface area contributed by atoms with Gasteiger partial charge in [0.15, 0.2) is 5.84 Å². The zero-order valence-corrected chi connectivity index (χ0v) is 12.1. The molecule has 0 fully saturated rings. The van der Waals surface area contributed by atoms with Crippen LogP contribution in [0.25, 0.3) is 0 Å². The monoisotopic (exact) mass is 265 g/mol. The van der Waals surface area contributed by atoms with Gasteiger partial charge in [0.25, 0.3) is 0 Å². The maximum atomic E-state index is 4.63. The highest BCUT2D eigenvalue weighted by molar-refractivity contribution is 6.04. The lowest BCUT2D eigenvalue weighted by Gasteiger charge is -2.05. The van der Waals surface area contributed by atoms with Crippen LogP contribution in [-0.4, -0.2) is 31.2 Å². The predicted molar refractivity (Wildman–Crippen MR) is 86.0 cm³/mol. The Labute approximate surface area is 120 Å². The summed E-state index contributed by atoms with van der Waals surface area (Å²) in [5, 5.41) is 0. The molecule has 3 nitrogen and oxygen atoms in total. The van der Waals surface area contributed by atoms with Gasteiger partial charge >= 0.3 is 0 Å². The van der Waals surface area contributed by atoms with E-state index in [2.05, 4.69) is 29.0 Å². The molecule has 0 aliphatic carbocycles. The topological polar surface area (TPSA) is 28.0 Å². The summed E-state index contributed by atoms with van der Waals surface area (Å²) in [5.74, 6) is 0.711. The normalized spacial score (nSPS) is 11.8. The van der Waals surface area contributed by atoms with Gasteiger partial charge in [-0.25, -0.2) is 9.98 Å². The third kappa shape index (κ3) is 4.05. The van der Waals surface area contributed by atoms with E-state index in [4.69, 9.17) is 0 Å². The fourth-order valence-corrected chi connectivity index (χ4v) is 1.67. The number of aliphatic imine (C=N–C) groups is 2. The summed E-state index contributed by atoms with van der Waals surface area (Å²) in [6.45, 7) is 2.07. The van der Waals surface area contributed by atoms with Crippen molar-refractivity contribution in [2.75, 3.05) is 14.1 Å². The van der Waals surface area contributed by atoms with Crippen LogP contribution in [0.2, 0.25) is 0 Å². The number of aryl methyl sites for hydroxylation is 1. The minimum atomic E-state index is 0.711. The molecule has 0 aliphatic heterocycles. The maximum Gasteiger partial charge on any atom is 0.161 e. The SMILES string of the molecule is Cc1ccc(N=C(N=CN(C)C)c2ccccc2)cc1. The third-order valence-electron chi connectivity index (χ3n) is 2.71. The average molecular weight is 265 g/mol. The number of nitrogens with zero attached hydrogens (tertiary/aromatic N) is 3. The van der Waals surface area contributed by atoms with E-state index >= 15 is 0 Å². The summed E-state index contributed by atoms with van der Waals surface area (Å²) in [4.78, 5) is 11.0. The molecule has 0 spiro atoms. The Morgan fingerprint density at radius 2 is 1.60 bits per heavy atom. The fourth-order valence-electron chi connectivity index (χ4n) is 1.67. The maximum absolute atomic E-state index is 4.63. The zero-order valence-electron chi connectivity index (χ0n) is 12.1. The first-order chi connectivity index (χ1) is 9.65. The molecule has 0 atom stereocenters. The van der Waals surface area contributed by atoms with Gasteiger partial charge in [0.1, 0.15) is 0 Å². The standard InChI is InChI=1S/C17H19N3/c1-14-9-11-16(12-10-14)19-17(18-13-20(2)3)15-7-5-4-6-8-15/h4-13H,1-3H3. The van der Waals surface area contributed by atoms with E-state index in [1.807, 2.05) is 61.5 Å². The summed E-state index contributed by atoms with van der Waals surface area (Å²) in [6.07, 6.45) is 1.76. The number of amidine groups is 1. The fraction of sp³-hybridized carbons (Fsp3) is 0.176. The van der Waals surface area contributed by atoms with Crippen LogP contribution in [0.4, 0.5) is 5.69 Å². The number of rotatable bonds is 3. The van der Waals surface area contributed by atoms with Crippen LogP contribution in [0.5, 0.6) is 0 Å². The van der Waals surface area contributed by atoms with Crippen LogP contribution in [0.15, 0.2) is 64.6 Å². The van der Waals surface area contributed by atoms with Gasteiger partial charge in [-0.05, 0) is 19.1 Å². The smallest absolute Gasteiger partial charge is 0.161 e. The third-order valence-corrected chi connectivity index (χ3v) is 2.71. The van der Waals surface area contributed by atoms with Gasteiger partial charge in [0.05, 0.1) is 12.0 Å². The molecular weight excluding hydrogens is 246 g/mol. The Hall–Kier alpha value is -2.42. The van der Waals surface area contributed by atoms with Gasteiger partial charge < -0.3 is 4.90 Å². The molecule has 0 heterocycles. The second-order valence-corrected chi connectivity index (χ2v) is 4.85. The van der Waals surface area contributed by atoms with Gasteiger partial charge in [0.2, 0.25) is 0 Å². The highest BCUT2D eigenvalue weighted by Gasteiger charge is 2.01. The van der Waals surface area contributed by atoms with E-state index in [-0.39, 0.29) is 0 Å². The summed E-state index contributed by atoms with van der Waals surface area (Å²) in [7, 11) is 3.88. The van der Waals surface area contributed by atoms with Crippen molar-refractivity contribution in [3.63, 3.8) is 0 Å². The average Bonchev–Trinajstić information content (AvgIpc) is 2.46. The highest BCUT2D eigenvalue weighted by Crippen LogP contribution is 2.15. The summed E-state index contributed by atoms with van der Waals surface area (Å²) in [6, 6.07) is 18.1. The van der Waals surface area contributed by atoms with Crippen LogP contribution >= 0.6 is 0 Å². The van der Waals surface area contributed by atoms with E-state index in [0.717, 1.165) is 11.3 Å². The Balaban J connectivity index is 2.38. The first-order valence-corrected chi connectivity index (χ1v) is 6.56. The second-order valence-electron chi connectivity index (χ2n) is 4.85. The van der Waals surface area contributed by atoms with E-state index in [1.165, 1.54) is 5.56 Å². The molecular formula is C17H19N3. The van der Waals surface area contributed by atoms with E-state index < -0.39 is 0 Å². The minimum Gasteiger partial charge on any atom is -0.369 e. The van der Waals surface area contributed by atoms with Crippen molar-refractivity contribution in [2.24, 2.45) is 9.98 Å². The van der Waals surface area contributed by atoms with Gasteiger partial charge in [0, 0.05) is 19.7 Å². The summed E-state index contributed by atoms with van der Waals surface area (Å²) < 4.78 is 0. The molecule has 2 rings (SSSR count). The molecule has 102 valence electrons. The van der Waals surface area contributed by atoms with E-state index in [9.17, 15) is 0 Å². The van der Waals surface area contributed by atoms with Crippen LogP contribution in [0, 0.1) is 6.92 Å². The molecule has 0 saturated heterocycles. The molecule has 2 aromatic rings. The summed E-state index contributed by atoms with van der Waals surface area (Å²) in [5.41, 5.74) is 3.14. The van der Waals surface area contributed by atoms with Crippen molar-refractivity contribution in [3.8, 4) is 0 Å². The number of benzene rings is 2. The lowest BCUT2D eigenvalue weighted by Crippen LogP contribution is -2.10. The molecule has 20 heavy (non-hydrogen) atoms. The molecule has 0 bridgehead atoms. The van der Waals surface area contributed by atoms with Crippen LogP contribution < -0.4 is 0 Å². The second kappa shape index (κ2) is 6.66. The molecule has 2 aromatic carbocycles. The lowest BCUT2D eigenvalue weighted by atomic mass is 10.2. The first kappa shape index (κ1) is 14.0. The quantitative estimate of drug-likeness (QED) is 0.615. The minimum absolute atomic E-state index is 0.711. The van der Waals surface area contributed by atoms with Crippen molar-refractivity contribution in [2.45, 2.75) is 6.92 Å². The Morgan fingerprint density at radius 1 is 0.950 bits per heavy atom. The van der Waals surface area contributed by atoms with Crippen LogP contribution in [0.1, 0.15) is 11.1 Å². The van der Waals surface area contributed by atoms with Gasteiger partial charge in [-0.3, -0.25) is 0 Å². The largest absolute Gasteiger partial charge is 0.369 e. The lowest BCUT2D eigenvalue weighted by molar-refractivity contribution is 0.644. The molecule has 0 radical (unpaired) electrons. The van der Waals surface area contributed by atoms with Crippen molar-refractivity contribution in [1.82, 2.24) is 4.90 Å². The number of hydrogen-bond donors (Lipinski definition) is 0. The van der Waals surface area contributed by atoms with Crippen LogP contribution in [-0.2, 0) is 0 Å². The molecule has 0 N–H and O–H groups in total. The van der Waals surface area contributed by atoms with Crippen molar-refractivity contribution < 1.29 is 0 Å². The molecule has 3 heteroatoms. The molecule has 0 unspecified atom stereocenters. The molecule has 0 saturated carbocycles. The van der Waals surface area contributed by atoms with E-state index in [1.54, 1.807) is 6.34 Å². The van der Waals surface area contributed by atoms with Crippen LogP contribution in [0.3, 0.4) is 0 Å². The molecule has 0 amide bonds. The number of hydrogen-bond acceptors (Lipinski definition) is 1. The first-order valence-electron chi connectivity index (χ1n) is 6.56. The van der Waals surface area contributed by atoms with Gasteiger partial charge in [-0.15, -0.1) is 0 Å². The Bertz CT molecular complexity index is 596. The van der Waals surface area contributed by atoms with Gasteiger partial charge in [-0.2, -0.15) is 0 Å². The van der Waals surface area contributed by atoms with Crippen molar-refractivity contribution in [1.29, 1.82) is 0 Å². The highest BCUT2D eigenvalue weighted by atomic mass is 15.1. The van der Waals surface area contributed by atoms with E-state index in [0.29, 0.717) is 5.84 Å². The molecule has 0 aromatic heterocycles. The summed E-state index contributed by atoms with van der Waals surface area (Å²) >= 11 is 0. The van der Waals surface area contributed by atoms with Crippen molar-refractivity contribution >= 4 is 17.9 Å². The van der Waals surface area contributed by atoms with Gasteiger partial charge in [-0.1, -0.05) is 48.0 Å². The Morgan fingerprint density at radius 3 is 2.20 bits per heavy atom. The Kier molecular flexibility index (Phi) is 4.66. The predicted octanol–water partition coefficient (Wildman–Crippen LogP) is 3.66. The molecule has 0 aliphatic rings.